The molecule has 0 heterocycles. The first-order valence-corrected chi connectivity index (χ1v) is 4.79. The molecule has 4 nitrogen and oxygen atoms in total. The maximum Gasteiger partial charge on any atom is 0.326 e. The molecule has 1 atom stereocenters. The lowest BCUT2D eigenvalue weighted by molar-refractivity contribution is -0.0163. The van der Waals surface area contributed by atoms with E-state index in [1.54, 1.807) is 6.08 Å². The summed E-state index contributed by atoms with van der Waals surface area (Å²) in [6, 6.07) is 0. The largest absolute Gasteiger partial charge is 0.386 e. The summed E-state index contributed by atoms with van der Waals surface area (Å²) in [6.45, 7) is 4.72. The molecule has 2 N–H and O–H groups in total. The van der Waals surface area contributed by atoms with Crippen LogP contribution < -0.4 is 5.32 Å². The predicted molar refractivity (Wildman–Crippen MR) is 54.8 cm³/mol. The van der Waals surface area contributed by atoms with Gasteiger partial charge in [-0.2, -0.15) is 4.79 Å². The number of allylic oxidation sites excluding steroid dienone is 2. The Kier molecular flexibility index (Phi) is 3.63. The molecule has 1 aliphatic rings. The van der Waals surface area contributed by atoms with Crippen LogP contribution in [0, 0.1) is 0 Å². The minimum atomic E-state index is -0.833. The Morgan fingerprint density at radius 1 is 1.50 bits per heavy atom. The lowest BCUT2D eigenvalue weighted by atomic mass is 9.97. The summed E-state index contributed by atoms with van der Waals surface area (Å²) >= 11 is 0. The molecular weight excluding hydrogens is 178 g/mol. The second kappa shape index (κ2) is 4.74. The quantitative estimate of drug-likeness (QED) is 0.515. The van der Waals surface area contributed by atoms with Crippen molar-refractivity contribution in [1.82, 2.24) is 5.32 Å². The van der Waals surface area contributed by atoms with Crippen molar-refractivity contribution in [2.24, 2.45) is 0 Å². The monoisotopic (exact) mass is 193 g/mol. The third-order valence-electron chi connectivity index (χ3n) is 2.22. The van der Waals surface area contributed by atoms with Crippen LogP contribution in [-0.2, 0) is 0 Å². The summed E-state index contributed by atoms with van der Waals surface area (Å²) in [5.41, 5.74) is 10.7. The van der Waals surface area contributed by atoms with Gasteiger partial charge in [-0.3, -0.25) is 0 Å². The third-order valence-corrected chi connectivity index (χ3v) is 2.22. The Morgan fingerprint density at radius 3 is 2.71 bits per heavy atom. The summed E-state index contributed by atoms with van der Waals surface area (Å²) in [7, 11) is 0. The fraction of sp³-hybridized carbons (Fsp3) is 0.500. The highest BCUT2D eigenvalue weighted by Crippen LogP contribution is 2.17. The Morgan fingerprint density at radius 2 is 2.21 bits per heavy atom. The zero-order valence-corrected chi connectivity index (χ0v) is 8.49. The minimum absolute atomic E-state index is 0.276. The van der Waals surface area contributed by atoms with Crippen molar-refractivity contribution in [2.45, 2.75) is 26.4 Å². The number of hydrogen-bond donors (Lipinski definition) is 2. The molecule has 1 unspecified atom stereocenters. The van der Waals surface area contributed by atoms with E-state index in [4.69, 9.17) is 5.53 Å². The van der Waals surface area contributed by atoms with Crippen molar-refractivity contribution < 1.29 is 9.90 Å². The summed E-state index contributed by atoms with van der Waals surface area (Å²) in [5.74, 6) is 0. The van der Waals surface area contributed by atoms with Crippen molar-refractivity contribution in [2.75, 3.05) is 6.54 Å². The molecule has 14 heavy (non-hydrogen) atoms. The molecule has 0 aromatic rings. The van der Waals surface area contributed by atoms with E-state index in [1.165, 1.54) is 0 Å². The molecule has 0 aromatic carbocycles. The van der Waals surface area contributed by atoms with Gasteiger partial charge in [0.1, 0.15) is 0 Å². The topological polar surface area (TPSA) is 68.7 Å². The fourth-order valence-corrected chi connectivity index (χ4v) is 1.49. The molecule has 0 aliphatic heterocycles. The molecular formula is C10H15N3O. The van der Waals surface area contributed by atoms with Crippen LogP contribution in [0.2, 0.25) is 0 Å². The highest BCUT2D eigenvalue weighted by Gasteiger charge is 2.27. The van der Waals surface area contributed by atoms with Gasteiger partial charge in [0.05, 0.1) is 5.70 Å². The molecule has 0 saturated heterocycles. The second-order valence-corrected chi connectivity index (χ2v) is 3.08. The van der Waals surface area contributed by atoms with E-state index in [0.29, 0.717) is 0 Å². The molecule has 0 bridgehead atoms. The van der Waals surface area contributed by atoms with Crippen LogP contribution in [-0.4, -0.2) is 28.3 Å². The van der Waals surface area contributed by atoms with E-state index < -0.39 is 6.10 Å². The lowest BCUT2D eigenvalue weighted by Crippen LogP contribution is -2.33. The van der Waals surface area contributed by atoms with Crippen LogP contribution in [0.25, 0.3) is 5.53 Å². The Hall–Kier alpha value is -1.38. The molecule has 0 amide bonds. The van der Waals surface area contributed by atoms with E-state index in [0.717, 1.165) is 24.2 Å². The van der Waals surface area contributed by atoms with Crippen LogP contribution >= 0.6 is 0 Å². The number of nitrogens with one attached hydrogen (secondary N) is 1. The predicted octanol–water partition coefficient (Wildman–Crippen LogP) is 0.861. The standard InChI is InChI=1S/C10H15N3O/c1-3-7-5-6-8(13-11)10(14)9(7)12-4-2/h5-6,10,12,14H,3-4H2,1-2H3. The van der Waals surface area contributed by atoms with Gasteiger partial charge in [-0.15, -0.1) is 0 Å². The zero-order chi connectivity index (χ0) is 10.6. The van der Waals surface area contributed by atoms with Crippen LogP contribution in [0.5, 0.6) is 0 Å². The Balaban J connectivity index is 3.05. The van der Waals surface area contributed by atoms with Crippen LogP contribution in [0.3, 0.4) is 0 Å². The van der Waals surface area contributed by atoms with Crippen molar-refractivity contribution in [3.05, 3.63) is 29.0 Å². The van der Waals surface area contributed by atoms with Crippen LogP contribution in [0.4, 0.5) is 0 Å². The average Bonchev–Trinajstić information content (AvgIpc) is 2.21. The van der Waals surface area contributed by atoms with E-state index >= 15 is 0 Å². The molecule has 0 radical (unpaired) electrons. The fourth-order valence-electron chi connectivity index (χ4n) is 1.49. The number of nitrogens with zero attached hydrogens (tertiary/aromatic N) is 2. The van der Waals surface area contributed by atoms with Crippen molar-refractivity contribution in [3.63, 3.8) is 0 Å². The summed E-state index contributed by atoms with van der Waals surface area (Å²) in [6.07, 6.45) is 3.50. The van der Waals surface area contributed by atoms with Gasteiger partial charge in [0.25, 0.3) is 0 Å². The third kappa shape index (κ3) is 1.92. The van der Waals surface area contributed by atoms with Gasteiger partial charge < -0.3 is 16.0 Å². The van der Waals surface area contributed by atoms with Gasteiger partial charge >= 0.3 is 5.71 Å². The first-order chi connectivity index (χ1) is 6.74. The van der Waals surface area contributed by atoms with Gasteiger partial charge in [-0.25, -0.2) is 0 Å². The zero-order valence-electron chi connectivity index (χ0n) is 8.49. The van der Waals surface area contributed by atoms with Gasteiger partial charge in [0, 0.05) is 12.6 Å². The van der Waals surface area contributed by atoms with Crippen LogP contribution in [0.15, 0.2) is 23.4 Å². The first kappa shape index (κ1) is 10.7. The Bertz CT molecular complexity index is 324. The number of aliphatic hydroxyl groups excluding tert-OH is 1. The van der Waals surface area contributed by atoms with E-state index in [1.807, 2.05) is 19.9 Å². The molecule has 76 valence electrons. The van der Waals surface area contributed by atoms with Crippen molar-refractivity contribution in [1.29, 1.82) is 0 Å². The maximum atomic E-state index is 9.80. The number of rotatable bonds is 3. The van der Waals surface area contributed by atoms with Gasteiger partial charge in [-0.05, 0) is 25.0 Å². The normalized spacial score (nSPS) is 21.1. The minimum Gasteiger partial charge on any atom is -0.386 e. The van der Waals surface area contributed by atoms with E-state index in [-0.39, 0.29) is 5.71 Å². The molecule has 0 aromatic heterocycles. The molecule has 0 fully saturated rings. The molecule has 1 aliphatic carbocycles. The summed E-state index contributed by atoms with van der Waals surface area (Å²) in [4.78, 5) is 3.04. The van der Waals surface area contributed by atoms with E-state index in [9.17, 15) is 5.11 Å². The number of aliphatic hydroxyl groups is 1. The Labute approximate surface area is 83.6 Å². The van der Waals surface area contributed by atoms with Crippen molar-refractivity contribution >= 4 is 5.71 Å². The highest BCUT2D eigenvalue weighted by atomic mass is 16.3. The van der Waals surface area contributed by atoms with Gasteiger partial charge in [0.15, 0.2) is 6.10 Å². The van der Waals surface area contributed by atoms with E-state index in [2.05, 4.69) is 10.1 Å². The maximum absolute atomic E-state index is 9.80. The first-order valence-electron chi connectivity index (χ1n) is 4.79. The number of hydrogen-bond acceptors (Lipinski definition) is 2. The molecule has 0 spiro atoms. The second-order valence-electron chi connectivity index (χ2n) is 3.08. The van der Waals surface area contributed by atoms with Crippen LogP contribution in [0.1, 0.15) is 20.3 Å². The molecule has 1 rings (SSSR count). The summed E-state index contributed by atoms with van der Waals surface area (Å²) in [5, 5.41) is 12.9. The average molecular weight is 193 g/mol. The molecule has 4 heteroatoms. The lowest BCUT2D eigenvalue weighted by Gasteiger charge is -2.18. The smallest absolute Gasteiger partial charge is 0.326 e. The number of likely N-dealkylation sites (N-methyl/N-ethyl adjacent to an activating group) is 1. The SMILES string of the molecule is CCNC1=C(CC)C=CC(=[N+]=[N-])C1O. The summed E-state index contributed by atoms with van der Waals surface area (Å²) < 4.78 is 0. The highest BCUT2D eigenvalue weighted by molar-refractivity contribution is 5.98. The van der Waals surface area contributed by atoms with Crippen molar-refractivity contribution in [3.8, 4) is 0 Å². The van der Waals surface area contributed by atoms with Gasteiger partial charge in [0.2, 0.25) is 0 Å². The van der Waals surface area contributed by atoms with Gasteiger partial charge in [-0.1, -0.05) is 6.92 Å². The molecule has 0 saturated carbocycles.